The number of pyridine rings is 1. The maximum Gasteiger partial charge on any atom is 1.00 e. The van der Waals surface area contributed by atoms with Crippen LogP contribution in [0.5, 0.6) is 0 Å². The average molecular weight is 722 g/mol. The van der Waals surface area contributed by atoms with Gasteiger partial charge in [0, 0.05) is 34.9 Å². The minimum absolute atomic E-state index is 0. The van der Waals surface area contributed by atoms with Gasteiger partial charge in [0.25, 0.3) is 0 Å². The Labute approximate surface area is 255 Å². The van der Waals surface area contributed by atoms with Crippen molar-refractivity contribution in [2.45, 2.75) is 45.3 Å². The van der Waals surface area contributed by atoms with E-state index in [4.69, 9.17) is 21.8 Å². The minimum Gasteiger partial charge on any atom is -0.395 e. The molecule has 1 heterocycles. The molecule has 3 N–H and O–H groups in total. The van der Waals surface area contributed by atoms with Crippen LogP contribution in [-0.4, -0.2) is 68.7 Å². The summed E-state index contributed by atoms with van der Waals surface area (Å²) in [4.78, 5) is 26.8. The molecule has 0 aliphatic heterocycles. The number of nitrogens with zero attached hydrogens (tertiary/aromatic N) is 2. The van der Waals surface area contributed by atoms with E-state index in [9.17, 15) is 9.59 Å². The number of carbonyl (C=O) groups excluding carboxylic acids is 2. The van der Waals surface area contributed by atoms with Gasteiger partial charge in [0.2, 0.25) is 5.12 Å². The number of hydrogen-bond acceptors (Lipinski definition) is 7. The van der Waals surface area contributed by atoms with Gasteiger partial charge in [-0.3, -0.25) is 14.6 Å². The maximum absolute atomic E-state index is 10.1. The van der Waals surface area contributed by atoms with Crippen molar-refractivity contribution >= 4 is 63.7 Å². The van der Waals surface area contributed by atoms with Crippen molar-refractivity contribution in [2.75, 3.05) is 31.6 Å². The normalized spacial score (nSPS) is 12.0. The fourth-order valence-electron chi connectivity index (χ4n) is 3.03. The first-order valence-electron chi connectivity index (χ1n) is 10.4. The number of fused-ring (bicyclic) bond motifs is 1. The van der Waals surface area contributed by atoms with Crippen molar-refractivity contribution in [2.24, 2.45) is 0 Å². The van der Waals surface area contributed by atoms with Crippen molar-refractivity contribution in [1.29, 1.82) is 0 Å². The first-order chi connectivity index (χ1) is 15.2. The van der Waals surface area contributed by atoms with Crippen LogP contribution in [-0.2, 0) is 32.0 Å². The Morgan fingerprint density at radius 3 is 2.44 bits per heavy atom. The fraction of sp³-hybridized carbons (Fsp3) is 0.500. The molecule has 0 bridgehead atoms. The van der Waals surface area contributed by atoms with Crippen molar-refractivity contribution in [3.8, 4) is 0 Å². The Morgan fingerprint density at radius 2 is 1.91 bits per heavy atom. The molecule has 1 aromatic carbocycles. The molecule has 0 spiro atoms. The molecule has 1 aromatic heterocycles. The van der Waals surface area contributed by atoms with Crippen LogP contribution >= 0.6 is 36.9 Å². The van der Waals surface area contributed by atoms with Crippen LogP contribution in [0.25, 0.3) is 10.9 Å². The number of carbonyl (C=O) groups is 2. The summed E-state index contributed by atoms with van der Waals surface area (Å²) in [5.74, 6) is 0. The molecule has 2 unspecified atom stereocenters. The van der Waals surface area contributed by atoms with E-state index in [2.05, 4.69) is 54.3 Å². The van der Waals surface area contributed by atoms with E-state index in [-0.39, 0.29) is 65.0 Å². The van der Waals surface area contributed by atoms with Crippen molar-refractivity contribution < 1.29 is 71.7 Å². The van der Waals surface area contributed by atoms with Gasteiger partial charge in [0.1, 0.15) is 6.10 Å². The minimum atomic E-state index is -1.31. The number of aliphatic hydroxyl groups excluding tert-OH is 2. The number of halogens is 1. The van der Waals surface area contributed by atoms with Gasteiger partial charge < -0.3 is 20.4 Å². The van der Waals surface area contributed by atoms with Gasteiger partial charge in [-0.2, -0.15) is 0 Å². The van der Waals surface area contributed by atoms with Gasteiger partial charge >= 0.3 is 51.9 Å². The van der Waals surface area contributed by atoms with Crippen LogP contribution < -0.4 is 34.9 Å². The number of rotatable bonds is 12. The van der Waals surface area contributed by atoms with Gasteiger partial charge in [-0.15, -0.1) is 25.3 Å². The van der Waals surface area contributed by atoms with Crippen LogP contribution in [0.2, 0.25) is 5.02 Å². The molecule has 0 fully saturated rings. The van der Waals surface area contributed by atoms with Crippen LogP contribution in [0.1, 0.15) is 33.1 Å². The third-order valence-electron chi connectivity index (χ3n) is 4.73. The smallest absolute Gasteiger partial charge is 0.395 e. The third kappa shape index (κ3) is 14.8. The molecule has 0 saturated carbocycles. The van der Waals surface area contributed by atoms with Crippen LogP contribution in [0.4, 0.5) is 5.69 Å². The summed E-state index contributed by atoms with van der Waals surface area (Å²) >= 11 is 12.7. The second-order valence-electron chi connectivity index (χ2n) is 7.32. The first-order valence-corrected chi connectivity index (χ1v) is 11.7. The Hall–Kier alpha value is 0.380. The molecule has 12 heteroatoms. The zero-order valence-electron chi connectivity index (χ0n) is 19.7. The van der Waals surface area contributed by atoms with Gasteiger partial charge in [-0.1, -0.05) is 18.5 Å². The number of aliphatic hydroxyl groups is 2. The van der Waals surface area contributed by atoms with Crippen LogP contribution in [0.3, 0.4) is 0 Å². The van der Waals surface area contributed by atoms with E-state index in [0.717, 1.165) is 49.1 Å². The van der Waals surface area contributed by atoms with Crippen molar-refractivity contribution in [3.05, 3.63) is 35.5 Å². The molecule has 2 atom stereocenters. The largest absolute Gasteiger partial charge is 1.00 e. The third-order valence-corrected chi connectivity index (χ3v) is 5.45. The molecule has 0 aliphatic rings. The van der Waals surface area contributed by atoms with E-state index in [1.807, 2.05) is 30.5 Å². The summed E-state index contributed by atoms with van der Waals surface area (Å²) < 4.78 is 0. The molecule has 2 aromatic rings. The molecule has 34 heavy (non-hydrogen) atoms. The number of aromatic nitrogens is 1. The number of benzene rings is 1. The Kier molecular flexibility index (Phi) is 22.0. The zero-order valence-corrected chi connectivity index (χ0v) is 26.4. The molecule has 0 saturated heterocycles. The second-order valence-corrected chi connectivity index (χ2v) is 8.69. The fourth-order valence-corrected chi connectivity index (χ4v) is 3.46. The van der Waals surface area contributed by atoms with Gasteiger partial charge in [-0.25, -0.2) is 0 Å². The Balaban J connectivity index is 0. The molecule has 2 rings (SSSR count). The summed E-state index contributed by atoms with van der Waals surface area (Å²) in [7, 11) is 0. The second kappa shape index (κ2) is 20.4. The quantitative estimate of drug-likeness (QED) is 0.160. The summed E-state index contributed by atoms with van der Waals surface area (Å²) in [6, 6.07) is 8.19. The van der Waals surface area contributed by atoms with E-state index < -0.39 is 16.3 Å². The predicted octanol–water partition coefficient (Wildman–Crippen LogP) is 0.435. The van der Waals surface area contributed by atoms with Crippen LogP contribution in [0.15, 0.2) is 30.5 Å². The Bertz CT molecular complexity index is 885. The molecule has 7 nitrogen and oxygen atoms in total. The van der Waals surface area contributed by atoms with E-state index >= 15 is 0 Å². The molecule has 0 aliphatic carbocycles. The molecular formula is C22H32AuClN3NaO4S2+2. The van der Waals surface area contributed by atoms with Crippen molar-refractivity contribution in [3.63, 3.8) is 0 Å². The topological polar surface area (TPSA) is 103 Å². The summed E-state index contributed by atoms with van der Waals surface area (Å²) in [5.41, 5.74) is 2.01. The van der Waals surface area contributed by atoms with Crippen LogP contribution in [0, 0.1) is 0 Å². The number of nitrogens with one attached hydrogen (secondary N) is 1. The van der Waals surface area contributed by atoms with E-state index in [0.29, 0.717) is 11.1 Å². The maximum atomic E-state index is 10.1. The first kappa shape index (κ1) is 36.5. The predicted molar refractivity (Wildman–Crippen MR) is 137 cm³/mol. The summed E-state index contributed by atoms with van der Waals surface area (Å²) in [5, 5.41) is 21.8. The van der Waals surface area contributed by atoms with Crippen molar-refractivity contribution in [1.82, 2.24) is 9.88 Å². The SMILES string of the molecule is CCN(CCO)CCCC(C)Nc1ccnc2cc(Cl)ccc12.O=C(S)CC(O)C(=O)S.[Au+].[Na+]. The number of thiol groups is 2. The average Bonchev–Trinajstić information content (AvgIpc) is 2.73. The zero-order chi connectivity index (χ0) is 24.1. The standard InChI is InChI=1S/C18H26ClN3O.C4H6O3S2.Au.Na/c1-3-22(11-12-23)10-4-5-14(2)21-17-8-9-20-18-13-15(19)6-7-16(17)18;5-2(4(7)9)1-3(6)8;;/h6-9,13-14,23H,3-5,10-12H2,1-2H3,(H,20,21);2,5H,1H2,(H,6,8)(H,7,9);;/q;;2*+1. The molecular weight excluding hydrogens is 690 g/mol. The number of anilines is 1. The molecule has 0 radical (unpaired) electrons. The van der Waals surface area contributed by atoms with Gasteiger partial charge in [-0.05, 0) is 57.1 Å². The molecule has 0 amide bonds. The summed E-state index contributed by atoms with van der Waals surface area (Å²) in [6.45, 7) is 7.32. The van der Waals surface area contributed by atoms with E-state index in [1.165, 1.54) is 0 Å². The van der Waals surface area contributed by atoms with E-state index in [1.54, 1.807) is 0 Å². The monoisotopic (exact) mass is 721 g/mol. The Morgan fingerprint density at radius 1 is 1.24 bits per heavy atom. The summed E-state index contributed by atoms with van der Waals surface area (Å²) in [6.07, 6.45) is 2.42. The van der Waals surface area contributed by atoms with Gasteiger partial charge in [0.15, 0.2) is 5.12 Å². The van der Waals surface area contributed by atoms with Gasteiger partial charge in [0.05, 0.1) is 18.5 Å². The number of hydrogen-bond donors (Lipinski definition) is 5. The molecule has 188 valence electrons. The number of likely N-dealkylation sites (N-methyl/N-ethyl adjacent to an activating group) is 1.